The lowest BCUT2D eigenvalue weighted by molar-refractivity contribution is -0.139. The quantitative estimate of drug-likeness (QED) is 0.168. The van der Waals surface area contributed by atoms with Gasteiger partial charge in [0, 0.05) is 49.0 Å². The Bertz CT molecular complexity index is 1860. The highest BCUT2D eigenvalue weighted by molar-refractivity contribution is 7.99. The fourth-order valence-corrected chi connectivity index (χ4v) is 7.29. The Balaban J connectivity index is 1.58. The summed E-state index contributed by atoms with van der Waals surface area (Å²) in [5.41, 5.74) is -3.17. The highest BCUT2D eigenvalue weighted by Gasteiger charge is 2.37. The fourth-order valence-electron chi connectivity index (χ4n) is 5.91. The third kappa shape index (κ3) is 6.89. The third-order valence-corrected chi connectivity index (χ3v) is 9.46. The molecule has 5 rings (SSSR count). The summed E-state index contributed by atoms with van der Waals surface area (Å²) in [6.07, 6.45) is -8.74. The summed E-state index contributed by atoms with van der Waals surface area (Å²) in [6.45, 7) is 1.81. The SMILES string of the molecule is COc1cccc(-c2c(C)c(Cc3c(F)cccc3C(F)(F)F)c3n(c2=O)C(CN(C)CCc2ncccc2C(F)(F)F)CS3)c1F. The number of thioether (sulfide) groups is 1. The Morgan fingerprint density at radius 3 is 2.34 bits per heavy atom. The molecule has 1 atom stereocenters. The summed E-state index contributed by atoms with van der Waals surface area (Å²) < 4.78 is 120. The zero-order valence-corrected chi connectivity index (χ0v) is 26.2. The van der Waals surface area contributed by atoms with Crippen LogP contribution < -0.4 is 10.3 Å². The van der Waals surface area contributed by atoms with Crippen LogP contribution in [0, 0.1) is 18.6 Å². The molecule has 5 nitrogen and oxygen atoms in total. The minimum absolute atomic E-state index is 0.0409. The Morgan fingerprint density at radius 1 is 0.979 bits per heavy atom. The molecule has 250 valence electrons. The van der Waals surface area contributed by atoms with Crippen LogP contribution in [0.3, 0.4) is 0 Å². The van der Waals surface area contributed by atoms with Crippen molar-refractivity contribution in [3.8, 4) is 16.9 Å². The highest BCUT2D eigenvalue weighted by atomic mass is 32.2. The molecule has 2 aromatic carbocycles. The lowest BCUT2D eigenvalue weighted by atomic mass is 9.92. The van der Waals surface area contributed by atoms with Crippen LogP contribution in [0.4, 0.5) is 35.1 Å². The zero-order chi connectivity index (χ0) is 34.3. The molecule has 0 fully saturated rings. The van der Waals surface area contributed by atoms with Crippen molar-refractivity contribution in [2.24, 2.45) is 0 Å². The number of aromatic nitrogens is 2. The number of hydrogen-bond acceptors (Lipinski definition) is 5. The van der Waals surface area contributed by atoms with Crippen molar-refractivity contribution in [3.63, 3.8) is 0 Å². The van der Waals surface area contributed by atoms with Crippen LogP contribution in [0.25, 0.3) is 11.1 Å². The van der Waals surface area contributed by atoms with Gasteiger partial charge >= 0.3 is 12.4 Å². The average Bonchev–Trinajstić information content (AvgIpc) is 3.42. The monoisotopic (exact) mass is 683 g/mol. The van der Waals surface area contributed by atoms with Gasteiger partial charge in [0.2, 0.25) is 0 Å². The van der Waals surface area contributed by atoms with Gasteiger partial charge in [0.05, 0.1) is 40.6 Å². The van der Waals surface area contributed by atoms with Crippen LogP contribution >= 0.6 is 11.8 Å². The lowest BCUT2D eigenvalue weighted by Crippen LogP contribution is -2.35. The van der Waals surface area contributed by atoms with E-state index in [9.17, 15) is 31.1 Å². The van der Waals surface area contributed by atoms with Gasteiger partial charge in [-0.2, -0.15) is 26.3 Å². The van der Waals surface area contributed by atoms with Gasteiger partial charge in [-0.1, -0.05) is 18.2 Å². The van der Waals surface area contributed by atoms with Gasteiger partial charge in [-0.3, -0.25) is 14.3 Å². The van der Waals surface area contributed by atoms with Crippen molar-refractivity contribution in [1.82, 2.24) is 14.5 Å². The Morgan fingerprint density at radius 2 is 1.66 bits per heavy atom. The molecule has 0 N–H and O–H groups in total. The first-order valence-electron chi connectivity index (χ1n) is 14.4. The summed E-state index contributed by atoms with van der Waals surface area (Å²) in [6, 6.07) is 8.43. The summed E-state index contributed by atoms with van der Waals surface area (Å²) in [4.78, 5) is 19.8. The van der Waals surface area contributed by atoms with E-state index in [1.807, 2.05) is 0 Å². The maximum atomic E-state index is 15.6. The second kappa shape index (κ2) is 13.3. The second-order valence-corrected chi connectivity index (χ2v) is 12.2. The number of benzene rings is 2. The van der Waals surface area contributed by atoms with Crippen LogP contribution in [-0.4, -0.2) is 47.5 Å². The molecule has 4 aromatic rings. The number of alkyl halides is 6. The average molecular weight is 684 g/mol. The van der Waals surface area contributed by atoms with Gasteiger partial charge in [0.1, 0.15) is 5.82 Å². The molecule has 47 heavy (non-hydrogen) atoms. The molecule has 1 unspecified atom stereocenters. The van der Waals surface area contributed by atoms with Gasteiger partial charge in [-0.25, -0.2) is 8.78 Å². The van der Waals surface area contributed by atoms with E-state index in [-0.39, 0.29) is 59.0 Å². The van der Waals surface area contributed by atoms with E-state index in [1.54, 1.807) is 11.9 Å². The number of nitrogens with zero attached hydrogens (tertiary/aromatic N) is 3. The maximum absolute atomic E-state index is 15.6. The normalized spacial score (nSPS) is 14.9. The van der Waals surface area contributed by atoms with E-state index in [4.69, 9.17) is 4.74 Å². The first-order valence-corrected chi connectivity index (χ1v) is 15.4. The molecule has 2 aromatic heterocycles. The van der Waals surface area contributed by atoms with Gasteiger partial charge < -0.3 is 9.64 Å². The number of methoxy groups -OCH3 is 1. The topological polar surface area (TPSA) is 47.4 Å². The number of likely N-dealkylation sites (N-methyl/N-ethyl adjacent to an activating group) is 1. The fraction of sp³-hybridized carbons (Fsp3) is 0.333. The first-order chi connectivity index (χ1) is 22.1. The highest BCUT2D eigenvalue weighted by Crippen LogP contribution is 2.42. The molecule has 0 saturated heterocycles. The van der Waals surface area contributed by atoms with E-state index < -0.39 is 58.7 Å². The summed E-state index contributed by atoms with van der Waals surface area (Å²) in [7, 11) is 2.91. The van der Waals surface area contributed by atoms with Crippen molar-refractivity contribution in [3.05, 3.63) is 110 Å². The lowest BCUT2D eigenvalue weighted by Gasteiger charge is -2.25. The molecule has 14 heteroatoms. The Labute approximate surface area is 269 Å². The van der Waals surface area contributed by atoms with E-state index in [0.717, 1.165) is 24.3 Å². The van der Waals surface area contributed by atoms with E-state index >= 15 is 8.78 Å². The van der Waals surface area contributed by atoms with E-state index in [1.165, 1.54) is 60.8 Å². The van der Waals surface area contributed by atoms with Crippen molar-refractivity contribution in [2.45, 2.75) is 43.2 Å². The van der Waals surface area contributed by atoms with Gasteiger partial charge in [-0.05, 0) is 55.4 Å². The standard InChI is InChI=1S/C33H29F8N3O2S/c1-18-21(15-22-23(32(36,37)38)8-5-10-25(22)34)31-44(30(45)28(18)20-7-4-11-27(46-3)29(20)35)19(17-47-31)16-43(2)14-12-26-24(33(39,40)41)9-6-13-42-26/h4-11,13,19H,12,14-17H2,1-3H3. The second-order valence-electron chi connectivity index (χ2n) is 11.2. The van der Waals surface area contributed by atoms with Gasteiger partial charge in [0.25, 0.3) is 5.56 Å². The molecule has 0 aliphatic carbocycles. The number of hydrogen-bond donors (Lipinski definition) is 0. The molecule has 0 saturated carbocycles. The number of pyridine rings is 2. The predicted octanol–water partition coefficient (Wildman–Crippen LogP) is 7.96. The van der Waals surface area contributed by atoms with Crippen LogP contribution in [-0.2, 0) is 25.2 Å². The van der Waals surface area contributed by atoms with Crippen LogP contribution in [0.2, 0.25) is 0 Å². The molecule has 1 aliphatic rings. The maximum Gasteiger partial charge on any atom is 0.418 e. The van der Waals surface area contributed by atoms with Gasteiger partial charge in [0.15, 0.2) is 11.6 Å². The minimum atomic E-state index is -4.86. The molecule has 0 bridgehead atoms. The zero-order valence-electron chi connectivity index (χ0n) is 25.4. The largest absolute Gasteiger partial charge is 0.494 e. The van der Waals surface area contributed by atoms with Crippen molar-refractivity contribution in [1.29, 1.82) is 0 Å². The Kier molecular flexibility index (Phi) is 9.74. The Hall–Kier alpha value is -3.91. The summed E-state index contributed by atoms with van der Waals surface area (Å²) >= 11 is 1.20. The predicted molar refractivity (Wildman–Crippen MR) is 162 cm³/mol. The van der Waals surface area contributed by atoms with E-state index in [2.05, 4.69) is 4.98 Å². The molecule has 0 amide bonds. The molecule has 3 heterocycles. The number of halogens is 8. The van der Waals surface area contributed by atoms with E-state index in [0.29, 0.717) is 5.03 Å². The third-order valence-electron chi connectivity index (χ3n) is 8.19. The van der Waals surface area contributed by atoms with Crippen molar-refractivity contribution in [2.75, 3.05) is 33.0 Å². The smallest absolute Gasteiger partial charge is 0.418 e. The molecule has 1 aliphatic heterocycles. The molecule has 0 radical (unpaired) electrons. The number of fused-ring (bicyclic) bond motifs is 1. The summed E-state index contributed by atoms with van der Waals surface area (Å²) in [5, 5.41) is 0.318. The molecule has 0 spiro atoms. The minimum Gasteiger partial charge on any atom is -0.494 e. The van der Waals surface area contributed by atoms with Crippen LogP contribution in [0.1, 0.15) is 39.6 Å². The van der Waals surface area contributed by atoms with Gasteiger partial charge in [-0.15, -0.1) is 11.8 Å². The van der Waals surface area contributed by atoms with Crippen molar-refractivity contribution < 1.29 is 39.9 Å². The summed E-state index contributed by atoms with van der Waals surface area (Å²) in [5.74, 6) is -1.79. The number of ether oxygens (including phenoxy) is 1. The molecular weight excluding hydrogens is 654 g/mol. The first kappa shape index (κ1) is 34.4. The van der Waals surface area contributed by atoms with Crippen LogP contribution in [0.15, 0.2) is 64.5 Å². The molecular formula is C33H29F8N3O2S. The number of rotatable bonds is 9. The van der Waals surface area contributed by atoms with Crippen LogP contribution in [0.5, 0.6) is 5.75 Å². The van der Waals surface area contributed by atoms with Crippen molar-refractivity contribution >= 4 is 11.8 Å².